The molecule has 0 aliphatic carbocycles. The summed E-state index contributed by atoms with van der Waals surface area (Å²) in [5.41, 5.74) is 6.64. The van der Waals surface area contributed by atoms with E-state index in [0.717, 1.165) is 12.1 Å². The summed E-state index contributed by atoms with van der Waals surface area (Å²) in [4.78, 5) is 11.5. The molecule has 2 aromatic rings. The Morgan fingerprint density at radius 2 is 1.90 bits per heavy atom. The van der Waals surface area contributed by atoms with Gasteiger partial charge in [-0.25, -0.2) is 13.6 Å². The second-order valence-electron chi connectivity index (χ2n) is 4.50. The van der Waals surface area contributed by atoms with Gasteiger partial charge in [-0.2, -0.15) is 0 Å². The first-order valence-corrected chi connectivity index (χ1v) is 6.13. The first-order chi connectivity index (χ1) is 9.92. The lowest BCUT2D eigenvalue weighted by molar-refractivity contribution is 0.0602. The van der Waals surface area contributed by atoms with Crippen LogP contribution < -0.4 is 11.1 Å². The Kier molecular flexibility index (Phi) is 4.07. The molecular formula is C15H14F2N2O2. The molecule has 4 nitrogen and oxygen atoms in total. The van der Waals surface area contributed by atoms with Crippen LogP contribution in [0.1, 0.15) is 15.9 Å². The van der Waals surface area contributed by atoms with Crippen molar-refractivity contribution in [2.45, 2.75) is 6.92 Å². The molecule has 0 spiro atoms. The van der Waals surface area contributed by atoms with Gasteiger partial charge in [0.05, 0.1) is 18.4 Å². The van der Waals surface area contributed by atoms with Crippen molar-refractivity contribution in [1.82, 2.24) is 0 Å². The third-order valence-corrected chi connectivity index (χ3v) is 2.99. The summed E-state index contributed by atoms with van der Waals surface area (Å²) < 4.78 is 31.9. The minimum absolute atomic E-state index is 0.0290. The Morgan fingerprint density at radius 3 is 2.57 bits per heavy atom. The molecule has 6 heteroatoms. The summed E-state index contributed by atoms with van der Waals surface area (Å²) in [5, 5.41) is 2.71. The van der Waals surface area contributed by atoms with Crippen LogP contribution in [-0.4, -0.2) is 13.1 Å². The zero-order valence-electron chi connectivity index (χ0n) is 11.5. The van der Waals surface area contributed by atoms with Crippen LogP contribution in [0.15, 0.2) is 30.3 Å². The SMILES string of the molecule is COC(=O)c1cc(Nc2cc(F)c(C)cc2F)ccc1N. The number of nitrogens with one attached hydrogen (secondary N) is 1. The van der Waals surface area contributed by atoms with Crippen LogP contribution >= 0.6 is 0 Å². The van der Waals surface area contributed by atoms with Gasteiger partial charge < -0.3 is 15.8 Å². The van der Waals surface area contributed by atoms with E-state index < -0.39 is 17.6 Å². The monoisotopic (exact) mass is 292 g/mol. The Labute approximate surface area is 120 Å². The number of rotatable bonds is 3. The van der Waals surface area contributed by atoms with Crippen molar-refractivity contribution >= 4 is 23.0 Å². The van der Waals surface area contributed by atoms with E-state index in [0.29, 0.717) is 5.69 Å². The molecule has 0 saturated heterocycles. The minimum Gasteiger partial charge on any atom is -0.465 e. The normalized spacial score (nSPS) is 10.3. The molecule has 0 aliphatic heterocycles. The van der Waals surface area contributed by atoms with Gasteiger partial charge >= 0.3 is 5.97 Å². The van der Waals surface area contributed by atoms with E-state index in [-0.39, 0.29) is 22.5 Å². The van der Waals surface area contributed by atoms with E-state index in [9.17, 15) is 13.6 Å². The largest absolute Gasteiger partial charge is 0.465 e. The maximum Gasteiger partial charge on any atom is 0.340 e. The molecule has 2 aromatic carbocycles. The number of ether oxygens (including phenoxy) is 1. The van der Waals surface area contributed by atoms with E-state index >= 15 is 0 Å². The number of carbonyl (C=O) groups is 1. The van der Waals surface area contributed by atoms with Crippen molar-refractivity contribution in [3.05, 3.63) is 53.1 Å². The molecule has 0 unspecified atom stereocenters. The summed E-state index contributed by atoms with van der Waals surface area (Å²) in [6.45, 7) is 1.47. The number of anilines is 3. The Bertz CT molecular complexity index is 702. The van der Waals surface area contributed by atoms with Crippen LogP contribution in [0.4, 0.5) is 25.8 Å². The molecule has 0 fully saturated rings. The molecule has 3 N–H and O–H groups in total. The first-order valence-electron chi connectivity index (χ1n) is 6.13. The molecule has 0 aromatic heterocycles. The van der Waals surface area contributed by atoms with Gasteiger partial charge in [0.2, 0.25) is 0 Å². The van der Waals surface area contributed by atoms with Crippen LogP contribution in [0.2, 0.25) is 0 Å². The van der Waals surface area contributed by atoms with Crippen LogP contribution in [-0.2, 0) is 4.74 Å². The highest BCUT2D eigenvalue weighted by Gasteiger charge is 2.12. The second kappa shape index (κ2) is 5.78. The fourth-order valence-corrected chi connectivity index (χ4v) is 1.82. The van der Waals surface area contributed by atoms with Crippen LogP contribution in [0.3, 0.4) is 0 Å². The third kappa shape index (κ3) is 3.10. The van der Waals surface area contributed by atoms with Crippen molar-refractivity contribution in [1.29, 1.82) is 0 Å². The molecular weight excluding hydrogens is 278 g/mol. The van der Waals surface area contributed by atoms with Gasteiger partial charge in [-0.1, -0.05) is 0 Å². The number of methoxy groups -OCH3 is 1. The number of aryl methyl sites for hydroxylation is 1. The summed E-state index contributed by atoms with van der Waals surface area (Å²) in [7, 11) is 1.23. The van der Waals surface area contributed by atoms with Crippen molar-refractivity contribution in [2.24, 2.45) is 0 Å². The van der Waals surface area contributed by atoms with Gasteiger partial charge in [0, 0.05) is 17.4 Å². The summed E-state index contributed by atoms with van der Waals surface area (Å²) in [6.07, 6.45) is 0. The highest BCUT2D eigenvalue weighted by Crippen LogP contribution is 2.25. The molecule has 0 radical (unpaired) electrons. The summed E-state index contributed by atoms with van der Waals surface area (Å²) >= 11 is 0. The van der Waals surface area contributed by atoms with Crippen molar-refractivity contribution in [2.75, 3.05) is 18.2 Å². The third-order valence-electron chi connectivity index (χ3n) is 2.99. The van der Waals surface area contributed by atoms with E-state index in [4.69, 9.17) is 5.73 Å². The average Bonchev–Trinajstić information content (AvgIpc) is 2.45. The quantitative estimate of drug-likeness (QED) is 0.672. The van der Waals surface area contributed by atoms with Crippen molar-refractivity contribution < 1.29 is 18.3 Å². The van der Waals surface area contributed by atoms with Gasteiger partial charge in [-0.15, -0.1) is 0 Å². The molecule has 0 heterocycles. The Hall–Kier alpha value is -2.63. The van der Waals surface area contributed by atoms with E-state index in [1.54, 1.807) is 6.07 Å². The summed E-state index contributed by atoms with van der Waals surface area (Å²) in [6, 6.07) is 6.60. The Morgan fingerprint density at radius 1 is 1.19 bits per heavy atom. The highest BCUT2D eigenvalue weighted by molar-refractivity contribution is 5.96. The summed E-state index contributed by atoms with van der Waals surface area (Å²) in [5.74, 6) is -1.72. The van der Waals surface area contributed by atoms with Crippen molar-refractivity contribution in [3.63, 3.8) is 0 Å². The fraction of sp³-hybridized carbons (Fsp3) is 0.133. The number of nitrogens with two attached hydrogens (primary N) is 1. The number of esters is 1. The lowest BCUT2D eigenvalue weighted by atomic mass is 10.1. The molecule has 21 heavy (non-hydrogen) atoms. The molecule has 2 rings (SSSR count). The lowest BCUT2D eigenvalue weighted by Crippen LogP contribution is -2.06. The van der Waals surface area contributed by atoms with E-state index in [1.165, 1.54) is 26.2 Å². The maximum atomic E-state index is 13.8. The number of hydrogen-bond acceptors (Lipinski definition) is 4. The predicted molar refractivity (Wildman–Crippen MR) is 76.6 cm³/mol. The van der Waals surface area contributed by atoms with Crippen LogP contribution in [0.5, 0.6) is 0 Å². The highest BCUT2D eigenvalue weighted by atomic mass is 19.1. The van der Waals surface area contributed by atoms with Crippen LogP contribution in [0.25, 0.3) is 0 Å². The topological polar surface area (TPSA) is 64.3 Å². The van der Waals surface area contributed by atoms with Gasteiger partial charge in [0.1, 0.15) is 11.6 Å². The smallest absolute Gasteiger partial charge is 0.340 e. The lowest BCUT2D eigenvalue weighted by Gasteiger charge is -2.11. The molecule has 0 bridgehead atoms. The number of hydrogen-bond donors (Lipinski definition) is 2. The molecule has 0 atom stereocenters. The second-order valence-corrected chi connectivity index (χ2v) is 4.50. The first kappa shape index (κ1) is 14.8. The van der Waals surface area contributed by atoms with Gasteiger partial charge in [-0.05, 0) is 36.8 Å². The molecule has 110 valence electrons. The molecule has 0 amide bonds. The average molecular weight is 292 g/mol. The fourth-order valence-electron chi connectivity index (χ4n) is 1.82. The zero-order chi connectivity index (χ0) is 15.6. The van der Waals surface area contributed by atoms with Gasteiger partial charge in [0.15, 0.2) is 0 Å². The molecule has 0 saturated carbocycles. The zero-order valence-corrected chi connectivity index (χ0v) is 11.5. The number of halogens is 2. The number of nitrogen functional groups attached to an aromatic ring is 1. The van der Waals surface area contributed by atoms with E-state index in [2.05, 4.69) is 10.1 Å². The van der Waals surface area contributed by atoms with Crippen molar-refractivity contribution in [3.8, 4) is 0 Å². The number of benzene rings is 2. The van der Waals surface area contributed by atoms with Crippen LogP contribution in [0, 0.1) is 18.6 Å². The standard InChI is InChI=1S/C15H14F2N2O2/c1-8-5-12(17)14(7-11(8)16)19-9-3-4-13(18)10(6-9)15(20)21-2/h3-7,19H,18H2,1-2H3. The predicted octanol–water partition coefficient (Wildman–Crippen LogP) is 3.39. The number of carbonyl (C=O) groups excluding carboxylic acids is 1. The maximum absolute atomic E-state index is 13.8. The van der Waals surface area contributed by atoms with Gasteiger partial charge in [0.25, 0.3) is 0 Å². The van der Waals surface area contributed by atoms with E-state index in [1.807, 2.05) is 0 Å². The minimum atomic E-state index is -0.605. The Balaban J connectivity index is 2.36. The van der Waals surface area contributed by atoms with Gasteiger partial charge in [-0.3, -0.25) is 0 Å². The molecule has 0 aliphatic rings.